The van der Waals surface area contributed by atoms with E-state index in [1.54, 1.807) is 0 Å². The van der Waals surface area contributed by atoms with Crippen LogP contribution in [0.15, 0.2) is 0 Å². The molecule has 0 spiro atoms. The van der Waals surface area contributed by atoms with Crippen LogP contribution in [0.3, 0.4) is 0 Å². The molecule has 0 rings (SSSR count). The zero-order chi connectivity index (χ0) is 13.4. The van der Waals surface area contributed by atoms with Crippen molar-refractivity contribution in [1.29, 1.82) is 0 Å². The molecule has 17 heavy (non-hydrogen) atoms. The van der Waals surface area contributed by atoms with E-state index in [1.807, 2.05) is 0 Å². The zero-order valence-electron chi connectivity index (χ0n) is 10.0. The Morgan fingerprint density at radius 2 is 1.00 bits per heavy atom. The first-order valence-electron chi connectivity index (χ1n) is 5.49. The fourth-order valence-electron chi connectivity index (χ4n) is 1.14. The molecule has 0 aromatic rings. The molecule has 0 fully saturated rings. The van der Waals surface area contributed by atoms with Gasteiger partial charge >= 0.3 is 0 Å². The van der Waals surface area contributed by atoms with Crippen LogP contribution in [0.5, 0.6) is 0 Å². The summed E-state index contributed by atoms with van der Waals surface area (Å²) in [6.45, 7) is -0.957. The number of aliphatic hydroxyl groups excluding tert-OH is 4. The molecule has 0 atom stereocenters. The van der Waals surface area contributed by atoms with Crippen LogP contribution in [0, 0.1) is 10.8 Å². The van der Waals surface area contributed by atoms with Crippen molar-refractivity contribution in [3.63, 3.8) is 0 Å². The molecule has 0 saturated carbocycles. The first-order valence-corrected chi connectivity index (χ1v) is 5.49. The molecule has 0 heterocycles. The maximum Gasteiger partial charge on any atom is 0.0579 e. The fraction of sp³-hybridized carbons (Fsp3) is 1.00. The van der Waals surface area contributed by atoms with Crippen LogP contribution in [0.2, 0.25) is 0 Å². The van der Waals surface area contributed by atoms with Gasteiger partial charge in [0.15, 0.2) is 0 Å². The normalized spacial score (nSPS) is 13.1. The Kier molecular flexibility index (Phi) is 7.80. The van der Waals surface area contributed by atoms with E-state index in [0.717, 1.165) is 0 Å². The molecule has 104 valence electrons. The van der Waals surface area contributed by atoms with Crippen LogP contribution in [-0.4, -0.2) is 73.2 Å². The molecule has 0 aromatic carbocycles. The van der Waals surface area contributed by atoms with E-state index in [0.29, 0.717) is 0 Å². The second-order valence-electron chi connectivity index (χ2n) is 4.53. The number of hydrogen-bond acceptors (Lipinski definition) is 7. The smallest absolute Gasteiger partial charge is 0.0579 e. The Balaban J connectivity index is 4.28. The van der Waals surface area contributed by atoms with Crippen molar-refractivity contribution in [2.24, 2.45) is 22.3 Å². The Morgan fingerprint density at radius 1 is 0.706 bits per heavy atom. The molecule has 7 nitrogen and oxygen atoms in total. The van der Waals surface area contributed by atoms with Crippen molar-refractivity contribution in [3.05, 3.63) is 0 Å². The number of nitrogens with two attached hydrogens (primary N) is 2. The van der Waals surface area contributed by atoms with E-state index in [2.05, 4.69) is 0 Å². The topological polar surface area (TPSA) is 142 Å². The average Bonchev–Trinajstić information content (AvgIpc) is 2.41. The highest BCUT2D eigenvalue weighted by Crippen LogP contribution is 2.18. The predicted molar refractivity (Wildman–Crippen MR) is 62.1 cm³/mol. The molecular weight excluding hydrogens is 228 g/mol. The molecule has 0 aliphatic carbocycles. The fourth-order valence-corrected chi connectivity index (χ4v) is 1.14. The molecule has 0 saturated heterocycles. The quantitative estimate of drug-likeness (QED) is 0.241. The van der Waals surface area contributed by atoms with E-state index >= 15 is 0 Å². The summed E-state index contributed by atoms with van der Waals surface area (Å²) in [5.41, 5.74) is 9.11. The van der Waals surface area contributed by atoms with Crippen molar-refractivity contribution in [2.75, 3.05) is 52.7 Å². The molecule has 8 N–H and O–H groups in total. The second kappa shape index (κ2) is 7.93. The third-order valence-corrected chi connectivity index (χ3v) is 3.02. The van der Waals surface area contributed by atoms with Crippen LogP contribution < -0.4 is 11.5 Å². The summed E-state index contributed by atoms with van der Waals surface area (Å²) < 4.78 is 5.31. The number of ether oxygens (including phenoxy) is 1. The SMILES string of the molecule is NCC(CO)(CO)COCC(CN)(CO)CO. The predicted octanol–water partition coefficient (Wildman–Crippen LogP) is -3.14. The molecule has 0 bridgehead atoms. The van der Waals surface area contributed by atoms with Crippen molar-refractivity contribution >= 4 is 0 Å². The van der Waals surface area contributed by atoms with E-state index in [-0.39, 0.29) is 52.7 Å². The lowest BCUT2D eigenvalue weighted by molar-refractivity contribution is -0.0697. The van der Waals surface area contributed by atoms with Crippen molar-refractivity contribution in [2.45, 2.75) is 0 Å². The number of rotatable bonds is 10. The molecule has 0 aliphatic heterocycles. The molecule has 0 aliphatic rings. The van der Waals surface area contributed by atoms with Crippen LogP contribution in [0.25, 0.3) is 0 Å². The van der Waals surface area contributed by atoms with Gasteiger partial charge in [-0.2, -0.15) is 0 Å². The summed E-state index contributed by atoms with van der Waals surface area (Å²) in [5, 5.41) is 36.5. The van der Waals surface area contributed by atoms with Crippen LogP contribution >= 0.6 is 0 Å². The van der Waals surface area contributed by atoms with E-state index in [1.165, 1.54) is 0 Å². The summed E-state index contributed by atoms with van der Waals surface area (Å²) in [6, 6.07) is 0. The molecule has 0 radical (unpaired) electrons. The standard InChI is InChI=1S/C10H24N2O5/c11-1-9(3-13,4-14)7-17-8-10(2-12,5-15)6-16/h13-16H,1-8,11-12H2. The lowest BCUT2D eigenvalue weighted by Gasteiger charge is -2.32. The third kappa shape index (κ3) is 4.47. The summed E-state index contributed by atoms with van der Waals surface area (Å²) in [7, 11) is 0. The first-order chi connectivity index (χ1) is 8.07. The zero-order valence-corrected chi connectivity index (χ0v) is 10.0. The van der Waals surface area contributed by atoms with Gasteiger partial charge in [-0.05, 0) is 0 Å². The van der Waals surface area contributed by atoms with Gasteiger partial charge in [-0.3, -0.25) is 0 Å². The van der Waals surface area contributed by atoms with Crippen LogP contribution in [-0.2, 0) is 4.74 Å². The highest BCUT2D eigenvalue weighted by Gasteiger charge is 2.31. The monoisotopic (exact) mass is 252 g/mol. The molecule has 0 unspecified atom stereocenters. The molecule has 7 heteroatoms. The Bertz CT molecular complexity index is 159. The lowest BCUT2D eigenvalue weighted by atomic mass is 9.90. The highest BCUT2D eigenvalue weighted by molar-refractivity contribution is 4.82. The minimum absolute atomic E-state index is 0.0399. The highest BCUT2D eigenvalue weighted by atomic mass is 16.5. The van der Waals surface area contributed by atoms with E-state index in [4.69, 9.17) is 36.6 Å². The van der Waals surface area contributed by atoms with Crippen molar-refractivity contribution in [3.8, 4) is 0 Å². The van der Waals surface area contributed by atoms with Gasteiger partial charge in [0.25, 0.3) is 0 Å². The minimum atomic E-state index is -0.898. The summed E-state index contributed by atoms with van der Waals surface area (Å²) in [4.78, 5) is 0. The van der Waals surface area contributed by atoms with Gasteiger partial charge in [-0.1, -0.05) is 0 Å². The Labute approximate surface area is 101 Å². The number of hydrogen-bond donors (Lipinski definition) is 6. The van der Waals surface area contributed by atoms with E-state index < -0.39 is 10.8 Å². The maximum absolute atomic E-state index is 9.13. The summed E-state index contributed by atoms with van der Waals surface area (Å²) >= 11 is 0. The van der Waals surface area contributed by atoms with Gasteiger partial charge in [0, 0.05) is 13.1 Å². The molecule has 0 aromatic heterocycles. The Morgan fingerprint density at radius 3 is 1.18 bits per heavy atom. The minimum Gasteiger partial charge on any atom is -0.396 e. The largest absolute Gasteiger partial charge is 0.396 e. The summed E-state index contributed by atoms with van der Waals surface area (Å²) in [6.07, 6.45) is 0. The third-order valence-electron chi connectivity index (χ3n) is 3.02. The van der Waals surface area contributed by atoms with E-state index in [9.17, 15) is 0 Å². The molecular formula is C10H24N2O5. The van der Waals surface area contributed by atoms with Gasteiger partial charge < -0.3 is 36.6 Å². The van der Waals surface area contributed by atoms with Crippen LogP contribution in [0.1, 0.15) is 0 Å². The molecule has 0 amide bonds. The van der Waals surface area contributed by atoms with Gasteiger partial charge in [-0.15, -0.1) is 0 Å². The van der Waals surface area contributed by atoms with Crippen LogP contribution in [0.4, 0.5) is 0 Å². The van der Waals surface area contributed by atoms with Gasteiger partial charge in [0.2, 0.25) is 0 Å². The maximum atomic E-state index is 9.13. The lowest BCUT2D eigenvalue weighted by Crippen LogP contribution is -2.46. The second-order valence-corrected chi connectivity index (χ2v) is 4.53. The van der Waals surface area contributed by atoms with Crippen molar-refractivity contribution in [1.82, 2.24) is 0 Å². The summed E-state index contributed by atoms with van der Waals surface area (Å²) in [5.74, 6) is 0. The van der Waals surface area contributed by atoms with Gasteiger partial charge in [-0.25, -0.2) is 0 Å². The number of aliphatic hydroxyl groups is 4. The average molecular weight is 252 g/mol. The van der Waals surface area contributed by atoms with Gasteiger partial charge in [0.1, 0.15) is 0 Å². The van der Waals surface area contributed by atoms with Crippen molar-refractivity contribution < 1.29 is 25.2 Å². The first kappa shape index (κ1) is 16.7. The van der Waals surface area contributed by atoms with Gasteiger partial charge in [0.05, 0.1) is 50.5 Å². The Hall–Kier alpha value is -0.280.